The van der Waals surface area contributed by atoms with Gasteiger partial charge in [-0.3, -0.25) is 4.90 Å². The second kappa shape index (κ2) is 8.71. The van der Waals surface area contributed by atoms with E-state index >= 15 is 0 Å². The van der Waals surface area contributed by atoms with E-state index in [1.807, 2.05) is 24.3 Å². The molecule has 3 heteroatoms. The molecule has 3 nitrogen and oxygen atoms in total. The van der Waals surface area contributed by atoms with Crippen LogP contribution in [0.15, 0.2) is 24.3 Å². The fourth-order valence-electron chi connectivity index (χ4n) is 2.60. The third-order valence-corrected chi connectivity index (χ3v) is 3.95. The van der Waals surface area contributed by atoms with Crippen LogP contribution >= 0.6 is 0 Å². The molecule has 114 valence electrons. The van der Waals surface area contributed by atoms with Crippen LogP contribution in [-0.4, -0.2) is 42.9 Å². The number of aliphatic hydroxyl groups is 1. The van der Waals surface area contributed by atoms with Gasteiger partial charge in [-0.25, -0.2) is 0 Å². The highest BCUT2D eigenvalue weighted by Crippen LogP contribution is 2.18. The van der Waals surface area contributed by atoms with Crippen molar-refractivity contribution in [3.8, 4) is 17.6 Å². The molecule has 0 radical (unpaired) electrons. The largest absolute Gasteiger partial charge is 0.492 e. The minimum Gasteiger partial charge on any atom is -0.492 e. The summed E-state index contributed by atoms with van der Waals surface area (Å²) < 4.78 is 5.79. The van der Waals surface area contributed by atoms with Gasteiger partial charge in [0.15, 0.2) is 0 Å². The van der Waals surface area contributed by atoms with Gasteiger partial charge in [-0.1, -0.05) is 25.2 Å². The van der Waals surface area contributed by atoms with Gasteiger partial charge in [0, 0.05) is 25.1 Å². The van der Waals surface area contributed by atoms with Crippen molar-refractivity contribution in [1.82, 2.24) is 4.90 Å². The smallest absolute Gasteiger partial charge is 0.119 e. The summed E-state index contributed by atoms with van der Waals surface area (Å²) in [5.41, 5.74) is 0.959. The monoisotopic (exact) mass is 287 g/mol. The van der Waals surface area contributed by atoms with Crippen molar-refractivity contribution in [2.24, 2.45) is 5.92 Å². The zero-order valence-electron chi connectivity index (χ0n) is 12.8. The molecule has 1 aliphatic heterocycles. The van der Waals surface area contributed by atoms with Crippen LogP contribution in [0.3, 0.4) is 0 Å². The normalized spacial score (nSPS) is 18.3. The summed E-state index contributed by atoms with van der Waals surface area (Å²) in [6.45, 7) is 6.57. The second-order valence-corrected chi connectivity index (χ2v) is 5.51. The molecule has 0 aromatic heterocycles. The van der Waals surface area contributed by atoms with Gasteiger partial charge in [0.2, 0.25) is 0 Å². The number of aliphatic hydroxyl groups excluding tert-OH is 1. The fourth-order valence-corrected chi connectivity index (χ4v) is 2.60. The molecule has 1 aromatic rings. The zero-order chi connectivity index (χ0) is 14.9. The highest BCUT2D eigenvalue weighted by molar-refractivity contribution is 5.38. The van der Waals surface area contributed by atoms with E-state index in [0.717, 1.165) is 30.4 Å². The van der Waals surface area contributed by atoms with E-state index in [9.17, 15) is 0 Å². The molecular formula is C18H25NO2. The molecule has 1 atom stereocenters. The van der Waals surface area contributed by atoms with E-state index in [2.05, 4.69) is 23.7 Å². The lowest BCUT2D eigenvalue weighted by Crippen LogP contribution is -2.26. The predicted octanol–water partition coefficient (Wildman–Crippen LogP) is 2.53. The van der Waals surface area contributed by atoms with Gasteiger partial charge in [-0.05, 0) is 43.1 Å². The third kappa shape index (κ3) is 5.41. The molecule has 1 aliphatic rings. The quantitative estimate of drug-likeness (QED) is 0.816. The van der Waals surface area contributed by atoms with Crippen molar-refractivity contribution in [2.45, 2.75) is 26.2 Å². The highest BCUT2D eigenvalue weighted by atomic mass is 16.5. The van der Waals surface area contributed by atoms with E-state index in [-0.39, 0.29) is 6.61 Å². The van der Waals surface area contributed by atoms with Gasteiger partial charge in [0.05, 0.1) is 6.61 Å². The SMILES string of the molecule is CCC1CCN(CCOc2ccc(C#CCCO)cc2)C1. The summed E-state index contributed by atoms with van der Waals surface area (Å²) >= 11 is 0. The molecule has 1 aromatic carbocycles. The molecule has 21 heavy (non-hydrogen) atoms. The maximum absolute atomic E-state index is 8.68. The summed E-state index contributed by atoms with van der Waals surface area (Å²) in [5.74, 6) is 7.70. The average Bonchev–Trinajstić information content (AvgIpc) is 2.97. The lowest BCUT2D eigenvalue weighted by Gasteiger charge is -2.16. The van der Waals surface area contributed by atoms with Crippen LogP contribution < -0.4 is 4.74 Å². The van der Waals surface area contributed by atoms with Crippen LogP contribution in [0.4, 0.5) is 0 Å². The standard InChI is InChI=1S/C18H25NO2/c1-2-16-10-11-19(15-16)12-14-21-18-8-6-17(7-9-18)5-3-4-13-20/h6-9,16,20H,2,4,10-15H2,1H3. The fraction of sp³-hybridized carbons (Fsp3) is 0.556. The van der Waals surface area contributed by atoms with Crippen LogP contribution in [0.1, 0.15) is 31.7 Å². The Kier molecular flexibility index (Phi) is 6.59. The molecule has 0 aliphatic carbocycles. The summed E-state index contributed by atoms with van der Waals surface area (Å²) in [5, 5.41) is 8.68. The summed E-state index contributed by atoms with van der Waals surface area (Å²) in [6.07, 6.45) is 3.14. The number of benzene rings is 1. The van der Waals surface area contributed by atoms with Crippen molar-refractivity contribution >= 4 is 0 Å². The van der Waals surface area contributed by atoms with Crippen molar-refractivity contribution in [3.05, 3.63) is 29.8 Å². The molecule has 1 heterocycles. The Morgan fingerprint density at radius 2 is 2.14 bits per heavy atom. The maximum Gasteiger partial charge on any atom is 0.119 e. The lowest BCUT2D eigenvalue weighted by atomic mass is 10.1. The number of ether oxygens (including phenoxy) is 1. The first-order valence-electron chi connectivity index (χ1n) is 7.86. The number of hydrogen-bond donors (Lipinski definition) is 1. The molecule has 1 fully saturated rings. The summed E-state index contributed by atoms with van der Waals surface area (Å²) in [7, 11) is 0. The number of likely N-dealkylation sites (tertiary alicyclic amines) is 1. The van der Waals surface area contributed by atoms with Gasteiger partial charge in [-0.2, -0.15) is 0 Å². The average molecular weight is 287 g/mol. The topological polar surface area (TPSA) is 32.7 Å². The first kappa shape index (κ1) is 15.9. The van der Waals surface area contributed by atoms with E-state index in [1.165, 1.54) is 25.9 Å². The van der Waals surface area contributed by atoms with Crippen molar-refractivity contribution in [3.63, 3.8) is 0 Å². The first-order valence-corrected chi connectivity index (χ1v) is 7.86. The maximum atomic E-state index is 8.68. The van der Waals surface area contributed by atoms with Gasteiger partial charge >= 0.3 is 0 Å². The molecule has 1 saturated heterocycles. The van der Waals surface area contributed by atoms with E-state index in [1.54, 1.807) is 0 Å². The van der Waals surface area contributed by atoms with Gasteiger partial charge in [-0.15, -0.1) is 0 Å². The minimum atomic E-state index is 0.115. The molecule has 0 saturated carbocycles. The Balaban J connectivity index is 1.70. The van der Waals surface area contributed by atoms with Crippen LogP contribution in [-0.2, 0) is 0 Å². The van der Waals surface area contributed by atoms with Crippen molar-refractivity contribution in [2.75, 3.05) is 32.8 Å². The first-order chi connectivity index (χ1) is 10.3. The minimum absolute atomic E-state index is 0.115. The van der Waals surface area contributed by atoms with Crippen LogP contribution in [0.5, 0.6) is 5.75 Å². The highest BCUT2D eigenvalue weighted by Gasteiger charge is 2.20. The van der Waals surface area contributed by atoms with Gasteiger partial charge in [0.25, 0.3) is 0 Å². The Bertz CT molecular complexity index is 472. The Morgan fingerprint density at radius 3 is 2.81 bits per heavy atom. The van der Waals surface area contributed by atoms with Crippen LogP contribution in [0.25, 0.3) is 0 Å². The van der Waals surface area contributed by atoms with Gasteiger partial charge in [0.1, 0.15) is 12.4 Å². The van der Waals surface area contributed by atoms with Crippen LogP contribution in [0.2, 0.25) is 0 Å². The van der Waals surface area contributed by atoms with Gasteiger partial charge < -0.3 is 9.84 Å². The lowest BCUT2D eigenvalue weighted by molar-refractivity contribution is 0.232. The Labute approximate surface area is 127 Å². The summed E-state index contributed by atoms with van der Waals surface area (Å²) in [4.78, 5) is 2.49. The number of nitrogens with zero attached hydrogens (tertiary/aromatic N) is 1. The van der Waals surface area contributed by atoms with Crippen LogP contribution in [0, 0.1) is 17.8 Å². The molecule has 1 N–H and O–H groups in total. The van der Waals surface area contributed by atoms with E-state index in [0.29, 0.717) is 6.42 Å². The third-order valence-electron chi connectivity index (χ3n) is 3.95. The molecule has 0 spiro atoms. The molecule has 0 amide bonds. The molecular weight excluding hydrogens is 262 g/mol. The Hall–Kier alpha value is -1.50. The van der Waals surface area contributed by atoms with E-state index in [4.69, 9.17) is 9.84 Å². The molecule has 0 bridgehead atoms. The Morgan fingerprint density at radius 1 is 1.33 bits per heavy atom. The van der Waals surface area contributed by atoms with Crippen molar-refractivity contribution in [1.29, 1.82) is 0 Å². The van der Waals surface area contributed by atoms with E-state index < -0.39 is 0 Å². The molecule has 2 rings (SSSR count). The van der Waals surface area contributed by atoms with Crippen molar-refractivity contribution < 1.29 is 9.84 Å². The predicted molar refractivity (Wildman–Crippen MR) is 85.4 cm³/mol. The summed E-state index contributed by atoms with van der Waals surface area (Å²) in [6, 6.07) is 7.84. The number of rotatable bonds is 6. The zero-order valence-corrected chi connectivity index (χ0v) is 12.8. The molecule has 1 unspecified atom stereocenters. The number of hydrogen-bond acceptors (Lipinski definition) is 3. The second-order valence-electron chi connectivity index (χ2n) is 5.51.